The third kappa shape index (κ3) is 1.06. The van der Waals surface area contributed by atoms with Gasteiger partial charge in [-0.15, -0.1) is 0 Å². The zero-order chi connectivity index (χ0) is 7.97. The first-order valence-electron chi connectivity index (χ1n) is 5.04. The molecule has 2 saturated carbocycles. The molecule has 0 saturated heterocycles. The Hall–Kier alpha value is -0.780. The molecule has 0 aliphatic heterocycles. The lowest BCUT2D eigenvalue weighted by Crippen LogP contribution is -1.88. The molecule has 2 fully saturated rings. The maximum atomic E-state index is 2.34. The maximum absolute atomic E-state index is 2.34. The number of rotatable bonds is 2. The van der Waals surface area contributed by atoms with Crippen molar-refractivity contribution in [3.05, 3.63) is 35.4 Å². The minimum atomic E-state index is 0.932. The summed E-state index contributed by atoms with van der Waals surface area (Å²) in [6, 6.07) is 9.07. The van der Waals surface area contributed by atoms with Crippen LogP contribution in [0, 0.1) is 0 Å². The first-order chi connectivity index (χ1) is 5.95. The van der Waals surface area contributed by atoms with Gasteiger partial charge in [0.25, 0.3) is 0 Å². The average Bonchev–Trinajstić information content (AvgIpc) is 2.99. The fourth-order valence-electron chi connectivity index (χ4n) is 2.04. The van der Waals surface area contributed by atoms with Gasteiger partial charge >= 0.3 is 0 Å². The van der Waals surface area contributed by atoms with Gasteiger partial charge in [-0.25, -0.2) is 0 Å². The summed E-state index contributed by atoms with van der Waals surface area (Å²) in [7, 11) is 0. The first-order valence-corrected chi connectivity index (χ1v) is 5.04. The second kappa shape index (κ2) is 2.35. The van der Waals surface area contributed by atoms with E-state index in [9.17, 15) is 0 Å². The molecule has 12 heavy (non-hydrogen) atoms. The minimum absolute atomic E-state index is 0.932. The molecule has 0 aromatic heterocycles. The highest BCUT2D eigenvalue weighted by molar-refractivity contribution is 5.37. The van der Waals surface area contributed by atoms with Crippen LogP contribution in [0.25, 0.3) is 0 Å². The van der Waals surface area contributed by atoms with Crippen LogP contribution >= 0.6 is 0 Å². The smallest absolute Gasteiger partial charge is 0.0159 e. The summed E-state index contributed by atoms with van der Waals surface area (Å²) < 4.78 is 0. The minimum Gasteiger partial charge on any atom is -0.0620 e. The average molecular weight is 158 g/mol. The van der Waals surface area contributed by atoms with Gasteiger partial charge in [0.2, 0.25) is 0 Å². The van der Waals surface area contributed by atoms with Crippen LogP contribution in [0.2, 0.25) is 0 Å². The molecule has 1 aromatic rings. The molecular formula is C12H14. The Morgan fingerprint density at radius 2 is 1.17 bits per heavy atom. The standard InChI is InChI=1S/C12H14/c1-2-4-12(10-7-8-10)11(3-1)9-5-6-9/h1-4,9-10H,5-8H2. The quantitative estimate of drug-likeness (QED) is 0.618. The molecule has 0 radical (unpaired) electrons. The van der Waals surface area contributed by atoms with E-state index >= 15 is 0 Å². The van der Waals surface area contributed by atoms with Crippen molar-refractivity contribution in [2.24, 2.45) is 0 Å². The van der Waals surface area contributed by atoms with Gasteiger partial charge in [-0.1, -0.05) is 24.3 Å². The zero-order valence-corrected chi connectivity index (χ0v) is 7.29. The summed E-state index contributed by atoms with van der Waals surface area (Å²) in [6.07, 6.45) is 5.74. The fourth-order valence-corrected chi connectivity index (χ4v) is 2.04. The highest BCUT2D eigenvalue weighted by atomic mass is 14.4. The van der Waals surface area contributed by atoms with E-state index in [-0.39, 0.29) is 0 Å². The summed E-state index contributed by atoms with van der Waals surface area (Å²) in [5.74, 6) is 1.86. The Morgan fingerprint density at radius 1 is 0.750 bits per heavy atom. The molecule has 0 heteroatoms. The highest BCUT2D eigenvalue weighted by Gasteiger charge is 2.31. The molecular weight excluding hydrogens is 144 g/mol. The fraction of sp³-hybridized carbons (Fsp3) is 0.500. The van der Waals surface area contributed by atoms with Crippen LogP contribution < -0.4 is 0 Å². The van der Waals surface area contributed by atoms with Crippen LogP contribution in [0.15, 0.2) is 24.3 Å². The second-order valence-corrected chi connectivity index (χ2v) is 4.18. The lowest BCUT2D eigenvalue weighted by Gasteiger charge is -2.05. The van der Waals surface area contributed by atoms with Crippen molar-refractivity contribution in [3.63, 3.8) is 0 Å². The van der Waals surface area contributed by atoms with Gasteiger partial charge < -0.3 is 0 Å². The molecule has 0 unspecified atom stereocenters. The maximum Gasteiger partial charge on any atom is -0.0159 e. The lowest BCUT2D eigenvalue weighted by molar-refractivity contribution is 1.02. The molecule has 62 valence electrons. The van der Waals surface area contributed by atoms with Gasteiger partial charge in [-0.3, -0.25) is 0 Å². The molecule has 0 N–H and O–H groups in total. The third-order valence-corrected chi connectivity index (χ3v) is 3.03. The summed E-state index contributed by atoms with van der Waals surface area (Å²) in [5.41, 5.74) is 3.33. The molecule has 0 heterocycles. The van der Waals surface area contributed by atoms with Gasteiger partial charge in [0, 0.05) is 0 Å². The Bertz CT molecular complexity index is 262. The molecule has 0 amide bonds. The van der Waals surface area contributed by atoms with E-state index in [1.165, 1.54) is 25.7 Å². The van der Waals surface area contributed by atoms with Crippen molar-refractivity contribution < 1.29 is 0 Å². The van der Waals surface area contributed by atoms with Gasteiger partial charge in [-0.2, -0.15) is 0 Å². The van der Waals surface area contributed by atoms with Gasteiger partial charge in [0.15, 0.2) is 0 Å². The summed E-state index contributed by atoms with van der Waals surface area (Å²) in [5, 5.41) is 0. The Labute approximate surface area is 73.6 Å². The predicted molar refractivity (Wildman–Crippen MR) is 50.4 cm³/mol. The van der Waals surface area contributed by atoms with Crippen LogP contribution in [-0.2, 0) is 0 Å². The molecule has 2 aliphatic carbocycles. The van der Waals surface area contributed by atoms with Crippen molar-refractivity contribution >= 4 is 0 Å². The second-order valence-electron chi connectivity index (χ2n) is 4.18. The first kappa shape index (κ1) is 6.71. The molecule has 3 rings (SSSR count). The molecule has 0 nitrogen and oxygen atoms in total. The van der Waals surface area contributed by atoms with E-state index in [0.717, 1.165) is 11.8 Å². The Balaban J connectivity index is 2.02. The highest BCUT2D eigenvalue weighted by Crippen LogP contribution is 2.48. The van der Waals surface area contributed by atoms with Crippen LogP contribution in [0.4, 0.5) is 0 Å². The van der Waals surface area contributed by atoms with Crippen LogP contribution in [0.3, 0.4) is 0 Å². The predicted octanol–water partition coefficient (Wildman–Crippen LogP) is 3.44. The van der Waals surface area contributed by atoms with Gasteiger partial charge in [0.1, 0.15) is 0 Å². The van der Waals surface area contributed by atoms with E-state index in [1.807, 2.05) is 0 Å². The third-order valence-electron chi connectivity index (χ3n) is 3.03. The van der Waals surface area contributed by atoms with Crippen LogP contribution in [0.5, 0.6) is 0 Å². The van der Waals surface area contributed by atoms with E-state index < -0.39 is 0 Å². The van der Waals surface area contributed by atoms with Crippen LogP contribution in [0.1, 0.15) is 48.6 Å². The van der Waals surface area contributed by atoms with Crippen molar-refractivity contribution in [1.29, 1.82) is 0 Å². The zero-order valence-electron chi connectivity index (χ0n) is 7.29. The topological polar surface area (TPSA) is 0 Å². The summed E-state index contributed by atoms with van der Waals surface area (Å²) in [4.78, 5) is 0. The van der Waals surface area contributed by atoms with E-state index in [4.69, 9.17) is 0 Å². The van der Waals surface area contributed by atoms with Crippen molar-refractivity contribution in [2.45, 2.75) is 37.5 Å². The normalized spacial score (nSPS) is 22.7. The summed E-state index contributed by atoms with van der Waals surface area (Å²) in [6.45, 7) is 0. The van der Waals surface area contributed by atoms with E-state index in [2.05, 4.69) is 24.3 Å². The van der Waals surface area contributed by atoms with Crippen molar-refractivity contribution in [1.82, 2.24) is 0 Å². The molecule has 0 bridgehead atoms. The lowest BCUT2D eigenvalue weighted by atomic mass is 10.00. The number of hydrogen-bond acceptors (Lipinski definition) is 0. The SMILES string of the molecule is c1ccc(C2CC2)c(C2CC2)c1. The largest absolute Gasteiger partial charge is 0.0620 e. The van der Waals surface area contributed by atoms with Crippen molar-refractivity contribution in [2.75, 3.05) is 0 Å². The Morgan fingerprint density at radius 3 is 1.50 bits per heavy atom. The van der Waals surface area contributed by atoms with E-state index in [1.54, 1.807) is 11.1 Å². The number of hydrogen-bond donors (Lipinski definition) is 0. The molecule has 0 atom stereocenters. The van der Waals surface area contributed by atoms with Crippen LogP contribution in [-0.4, -0.2) is 0 Å². The summed E-state index contributed by atoms with van der Waals surface area (Å²) >= 11 is 0. The van der Waals surface area contributed by atoms with E-state index in [0.29, 0.717) is 0 Å². The number of benzene rings is 1. The molecule has 0 spiro atoms. The molecule has 1 aromatic carbocycles. The van der Waals surface area contributed by atoms with Crippen molar-refractivity contribution in [3.8, 4) is 0 Å². The van der Waals surface area contributed by atoms with Gasteiger partial charge in [-0.05, 0) is 48.6 Å². The van der Waals surface area contributed by atoms with Gasteiger partial charge in [0.05, 0.1) is 0 Å². The Kier molecular flexibility index (Phi) is 1.31. The molecule has 2 aliphatic rings. The monoisotopic (exact) mass is 158 g/mol.